The average molecular weight is 428 g/mol. The smallest absolute Gasteiger partial charge is 0.475 e. The van der Waals surface area contributed by atoms with Crippen LogP contribution in [0.25, 0.3) is 11.1 Å². The Kier molecular flexibility index (Phi) is 7.16. The molecule has 6 nitrogen and oxygen atoms in total. The molecule has 0 aromatic heterocycles. The molecule has 1 aliphatic carbocycles. The summed E-state index contributed by atoms with van der Waals surface area (Å²) < 4.78 is 46.0. The summed E-state index contributed by atoms with van der Waals surface area (Å²) >= 11 is 0. The summed E-state index contributed by atoms with van der Waals surface area (Å²) in [5, 5.41) is 19.6. The quantitative estimate of drug-likeness (QED) is 0.559. The first-order valence-electron chi connectivity index (χ1n) is 8.83. The number of aliphatic hydroxyl groups is 1. The number of benzene rings is 2. The van der Waals surface area contributed by atoms with Gasteiger partial charge in [-0.05, 0) is 36.1 Å². The van der Waals surface area contributed by atoms with E-state index >= 15 is 0 Å². The Morgan fingerprint density at radius 3 is 2.13 bits per heavy atom. The van der Waals surface area contributed by atoms with Crippen LogP contribution >= 0.6 is 0 Å². The van der Waals surface area contributed by atoms with E-state index < -0.39 is 23.6 Å². The zero-order valence-corrected chi connectivity index (χ0v) is 15.6. The standard InChI is InChI=1S/C18H19FN2O2.C2HF3O2/c19-15-8-13(12-4-2-1-3-5-12)6-7-16(15)21-17(22)14-9-18(23,10-14)11-20;3-2(4,5)1(6)7/h1-8,14,23H,9-11,20H2,(H,21,22);(H,6,7). The zero-order chi connectivity index (χ0) is 22.5. The van der Waals surface area contributed by atoms with Gasteiger partial charge in [0.2, 0.25) is 5.91 Å². The number of hydrogen-bond acceptors (Lipinski definition) is 4. The molecule has 0 spiro atoms. The van der Waals surface area contributed by atoms with Crippen molar-refractivity contribution in [2.45, 2.75) is 24.6 Å². The lowest BCUT2D eigenvalue weighted by Crippen LogP contribution is -2.53. The molecule has 0 atom stereocenters. The molecule has 2 aromatic carbocycles. The molecular formula is C20H20F4N2O4. The molecular weight excluding hydrogens is 408 g/mol. The molecule has 1 amide bonds. The number of carbonyl (C=O) groups is 2. The van der Waals surface area contributed by atoms with E-state index in [9.17, 15) is 27.5 Å². The van der Waals surface area contributed by atoms with Crippen LogP contribution in [0, 0.1) is 11.7 Å². The minimum absolute atomic E-state index is 0.136. The Hall–Kier alpha value is -2.98. The zero-order valence-electron chi connectivity index (χ0n) is 15.6. The highest BCUT2D eigenvalue weighted by Gasteiger charge is 2.45. The van der Waals surface area contributed by atoms with Crippen molar-refractivity contribution in [1.29, 1.82) is 0 Å². The summed E-state index contributed by atoms with van der Waals surface area (Å²) in [7, 11) is 0. The first-order valence-corrected chi connectivity index (χ1v) is 8.83. The number of carboxylic acid groups (broad SMARTS) is 1. The molecule has 0 aliphatic heterocycles. The van der Waals surface area contributed by atoms with E-state index in [2.05, 4.69) is 5.32 Å². The molecule has 3 rings (SSSR count). The van der Waals surface area contributed by atoms with Gasteiger partial charge in [-0.1, -0.05) is 36.4 Å². The van der Waals surface area contributed by atoms with Crippen LogP contribution < -0.4 is 11.1 Å². The number of rotatable bonds is 4. The van der Waals surface area contributed by atoms with E-state index in [4.69, 9.17) is 15.6 Å². The van der Waals surface area contributed by atoms with Crippen LogP contribution in [0.4, 0.5) is 23.2 Å². The highest BCUT2D eigenvalue weighted by atomic mass is 19.4. The number of halogens is 4. The van der Waals surface area contributed by atoms with E-state index in [1.807, 2.05) is 30.3 Å². The lowest BCUT2D eigenvalue weighted by atomic mass is 9.70. The lowest BCUT2D eigenvalue weighted by Gasteiger charge is -2.41. The predicted molar refractivity (Wildman–Crippen MR) is 101 cm³/mol. The van der Waals surface area contributed by atoms with Gasteiger partial charge in [0.15, 0.2) is 0 Å². The normalized spacial score (nSPS) is 20.4. The largest absolute Gasteiger partial charge is 0.490 e. The molecule has 0 radical (unpaired) electrons. The Labute approximate surface area is 169 Å². The summed E-state index contributed by atoms with van der Waals surface area (Å²) in [5.74, 6) is -3.84. The molecule has 0 saturated heterocycles. The Morgan fingerprint density at radius 2 is 1.67 bits per heavy atom. The van der Waals surface area contributed by atoms with Crippen LogP contribution in [0.1, 0.15) is 12.8 Å². The number of amides is 1. The van der Waals surface area contributed by atoms with Gasteiger partial charge in [-0.15, -0.1) is 0 Å². The Morgan fingerprint density at radius 1 is 1.10 bits per heavy atom. The lowest BCUT2D eigenvalue weighted by molar-refractivity contribution is -0.192. The summed E-state index contributed by atoms with van der Waals surface area (Å²) in [5.41, 5.74) is 6.31. The van der Waals surface area contributed by atoms with Crippen LogP contribution in [0.3, 0.4) is 0 Å². The van der Waals surface area contributed by atoms with Gasteiger partial charge in [0, 0.05) is 12.5 Å². The van der Waals surface area contributed by atoms with Gasteiger partial charge in [0.25, 0.3) is 0 Å². The third-order valence-corrected chi connectivity index (χ3v) is 4.58. The molecule has 1 fully saturated rings. The molecule has 1 saturated carbocycles. The van der Waals surface area contributed by atoms with Crippen molar-refractivity contribution in [3.05, 3.63) is 54.3 Å². The molecule has 0 unspecified atom stereocenters. The van der Waals surface area contributed by atoms with Gasteiger partial charge < -0.3 is 21.3 Å². The third-order valence-electron chi connectivity index (χ3n) is 4.58. The van der Waals surface area contributed by atoms with Crippen molar-refractivity contribution >= 4 is 17.6 Å². The minimum Gasteiger partial charge on any atom is -0.475 e. The van der Waals surface area contributed by atoms with Crippen molar-refractivity contribution in [1.82, 2.24) is 0 Å². The van der Waals surface area contributed by atoms with Crippen LogP contribution in [0.5, 0.6) is 0 Å². The number of anilines is 1. The maximum atomic E-state index is 14.2. The second-order valence-corrected chi connectivity index (χ2v) is 6.89. The summed E-state index contributed by atoms with van der Waals surface area (Å²) in [6.45, 7) is 0.136. The number of carboxylic acids is 1. The van der Waals surface area contributed by atoms with Crippen molar-refractivity contribution in [3.8, 4) is 11.1 Å². The average Bonchev–Trinajstić information content (AvgIpc) is 2.67. The fraction of sp³-hybridized carbons (Fsp3) is 0.300. The van der Waals surface area contributed by atoms with Gasteiger partial charge in [-0.3, -0.25) is 4.79 Å². The second-order valence-electron chi connectivity index (χ2n) is 6.89. The van der Waals surface area contributed by atoms with Crippen molar-refractivity contribution < 1.29 is 37.4 Å². The molecule has 0 heterocycles. The Bertz CT molecular complexity index is 897. The second kappa shape index (κ2) is 9.23. The molecule has 10 heteroatoms. The van der Waals surface area contributed by atoms with Crippen molar-refractivity contribution in [3.63, 3.8) is 0 Å². The topological polar surface area (TPSA) is 113 Å². The van der Waals surface area contributed by atoms with E-state index in [-0.39, 0.29) is 24.1 Å². The van der Waals surface area contributed by atoms with Crippen LogP contribution in [-0.4, -0.2) is 40.4 Å². The fourth-order valence-electron chi connectivity index (χ4n) is 2.87. The van der Waals surface area contributed by atoms with E-state index in [0.29, 0.717) is 12.8 Å². The molecule has 1 aliphatic rings. The van der Waals surface area contributed by atoms with Gasteiger partial charge in [-0.2, -0.15) is 13.2 Å². The summed E-state index contributed by atoms with van der Waals surface area (Å²) in [6, 6.07) is 14.2. The van der Waals surface area contributed by atoms with Crippen LogP contribution in [0.2, 0.25) is 0 Å². The fourth-order valence-corrected chi connectivity index (χ4v) is 2.87. The van der Waals surface area contributed by atoms with Gasteiger partial charge >= 0.3 is 12.1 Å². The highest BCUT2D eigenvalue weighted by Crippen LogP contribution is 2.37. The summed E-state index contributed by atoms with van der Waals surface area (Å²) in [4.78, 5) is 21.0. The van der Waals surface area contributed by atoms with Crippen LogP contribution in [-0.2, 0) is 9.59 Å². The van der Waals surface area contributed by atoms with Gasteiger partial charge in [0.05, 0.1) is 11.3 Å². The molecule has 162 valence electrons. The van der Waals surface area contributed by atoms with Crippen molar-refractivity contribution in [2.24, 2.45) is 11.7 Å². The monoisotopic (exact) mass is 428 g/mol. The number of hydrogen-bond donors (Lipinski definition) is 4. The van der Waals surface area contributed by atoms with Crippen molar-refractivity contribution in [2.75, 3.05) is 11.9 Å². The molecule has 5 N–H and O–H groups in total. The maximum Gasteiger partial charge on any atom is 0.490 e. The predicted octanol–water partition coefficient (Wildman–Crippen LogP) is 3.16. The number of nitrogens with two attached hydrogens (primary N) is 1. The van der Waals surface area contributed by atoms with E-state index in [0.717, 1.165) is 11.1 Å². The number of alkyl halides is 3. The number of nitrogens with one attached hydrogen (secondary N) is 1. The molecule has 0 bridgehead atoms. The first kappa shape index (κ1) is 23.3. The van der Waals surface area contributed by atoms with E-state index in [1.165, 1.54) is 6.07 Å². The molecule has 2 aromatic rings. The summed E-state index contributed by atoms with van der Waals surface area (Å²) in [6.07, 6.45) is -4.45. The van der Waals surface area contributed by atoms with E-state index in [1.54, 1.807) is 12.1 Å². The number of aliphatic carboxylic acids is 1. The van der Waals surface area contributed by atoms with Gasteiger partial charge in [-0.25, -0.2) is 9.18 Å². The minimum atomic E-state index is -5.08. The SMILES string of the molecule is NCC1(O)CC(C(=O)Nc2ccc(-c3ccccc3)cc2F)C1.O=C(O)C(F)(F)F. The van der Waals surface area contributed by atoms with Gasteiger partial charge in [0.1, 0.15) is 5.82 Å². The first-order chi connectivity index (χ1) is 13.9. The van der Waals surface area contributed by atoms with Crippen LogP contribution in [0.15, 0.2) is 48.5 Å². The Balaban J connectivity index is 0.000000396. The third kappa shape index (κ3) is 6.01. The maximum absolute atomic E-state index is 14.2. The molecule has 30 heavy (non-hydrogen) atoms. The number of carbonyl (C=O) groups excluding carboxylic acids is 1. The highest BCUT2D eigenvalue weighted by molar-refractivity contribution is 5.93.